The molecule has 170 valence electrons. The summed E-state index contributed by atoms with van der Waals surface area (Å²) in [5, 5.41) is 21.7. The van der Waals surface area contributed by atoms with Crippen LogP contribution in [-0.4, -0.2) is 30.1 Å². The number of aryl methyl sites for hydroxylation is 1. The van der Waals surface area contributed by atoms with Gasteiger partial charge in [-0.05, 0) is 48.4 Å². The molecule has 2 heterocycles. The van der Waals surface area contributed by atoms with E-state index >= 15 is 0 Å². The van der Waals surface area contributed by atoms with Gasteiger partial charge >= 0.3 is 5.97 Å². The highest BCUT2D eigenvalue weighted by atomic mass is 16.6. The van der Waals surface area contributed by atoms with Crippen molar-refractivity contribution in [2.75, 3.05) is 0 Å². The van der Waals surface area contributed by atoms with E-state index in [4.69, 9.17) is 0 Å². The predicted molar refractivity (Wildman–Crippen MR) is 130 cm³/mol. The molecular formula is C26H22N4O4. The smallest absolute Gasteiger partial charge is 0.337 e. The van der Waals surface area contributed by atoms with Crippen LogP contribution in [-0.2, 0) is 13.0 Å². The summed E-state index contributed by atoms with van der Waals surface area (Å²) in [5.74, 6) is -0.0733. The first kappa shape index (κ1) is 21.4. The maximum atomic E-state index is 11.7. The third-order valence-corrected chi connectivity index (χ3v) is 5.98. The fraction of sp³-hybridized carbons (Fsp3) is 0.154. The number of imidazole rings is 1. The molecule has 0 radical (unpaired) electrons. The lowest BCUT2D eigenvalue weighted by Crippen LogP contribution is -2.06. The number of carboxylic acid groups (broad SMARTS) is 1. The lowest BCUT2D eigenvalue weighted by atomic mass is 10.1. The average molecular weight is 454 g/mol. The second-order valence-corrected chi connectivity index (χ2v) is 8.20. The number of nitro groups is 1. The number of hydrogen-bond acceptors (Lipinski definition) is 4. The minimum atomic E-state index is -0.968. The van der Waals surface area contributed by atoms with Crippen molar-refractivity contribution in [3.63, 3.8) is 0 Å². The van der Waals surface area contributed by atoms with Crippen molar-refractivity contribution < 1.29 is 14.8 Å². The monoisotopic (exact) mass is 454 g/mol. The normalized spacial score (nSPS) is 11.3. The van der Waals surface area contributed by atoms with E-state index in [1.807, 2.05) is 35.0 Å². The molecule has 0 saturated carbocycles. The number of benzene rings is 3. The van der Waals surface area contributed by atoms with Crippen LogP contribution in [0.25, 0.3) is 27.6 Å². The fourth-order valence-electron chi connectivity index (χ4n) is 4.42. The molecule has 0 aliphatic rings. The molecule has 5 aromatic rings. The number of aromatic carboxylic acids is 1. The van der Waals surface area contributed by atoms with Gasteiger partial charge in [0.25, 0.3) is 5.69 Å². The SMILES string of the molecule is CCCc1nc2cc([N+](=O)[O-])ccc2n1Cc1ccc2c(ccn2-c2ccccc2C(=O)O)c1. The molecule has 0 amide bonds. The summed E-state index contributed by atoms with van der Waals surface area (Å²) in [6, 6.07) is 19.8. The molecular weight excluding hydrogens is 432 g/mol. The Labute approximate surface area is 194 Å². The molecule has 0 unspecified atom stereocenters. The summed E-state index contributed by atoms with van der Waals surface area (Å²) in [7, 11) is 0. The molecule has 34 heavy (non-hydrogen) atoms. The minimum Gasteiger partial charge on any atom is -0.478 e. The van der Waals surface area contributed by atoms with Gasteiger partial charge < -0.3 is 14.2 Å². The van der Waals surface area contributed by atoms with Crippen LogP contribution >= 0.6 is 0 Å². The van der Waals surface area contributed by atoms with E-state index in [2.05, 4.69) is 22.5 Å². The van der Waals surface area contributed by atoms with E-state index in [0.717, 1.165) is 40.6 Å². The molecule has 8 nitrogen and oxygen atoms in total. The number of carbonyl (C=O) groups is 1. The molecule has 3 aromatic carbocycles. The Kier molecular flexibility index (Phi) is 5.33. The van der Waals surface area contributed by atoms with Crippen LogP contribution in [0.2, 0.25) is 0 Å². The molecule has 0 atom stereocenters. The van der Waals surface area contributed by atoms with Crippen LogP contribution in [0.3, 0.4) is 0 Å². The maximum Gasteiger partial charge on any atom is 0.337 e. The highest BCUT2D eigenvalue weighted by Gasteiger charge is 2.16. The molecule has 0 aliphatic carbocycles. The fourth-order valence-corrected chi connectivity index (χ4v) is 4.42. The van der Waals surface area contributed by atoms with Crippen LogP contribution in [0.5, 0.6) is 0 Å². The topological polar surface area (TPSA) is 103 Å². The summed E-state index contributed by atoms with van der Waals surface area (Å²) in [6.45, 7) is 2.66. The predicted octanol–water partition coefficient (Wildman–Crippen LogP) is 5.59. The molecule has 1 N–H and O–H groups in total. The quantitative estimate of drug-likeness (QED) is 0.255. The van der Waals surface area contributed by atoms with E-state index in [0.29, 0.717) is 17.7 Å². The Bertz CT molecular complexity index is 1560. The van der Waals surface area contributed by atoms with E-state index < -0.39 is 10.9 Å². The van der Waals surface area contributed by atoms with Crippen molar-refractivity contribution in [3.8, 4) is 5.69 Å². The second-order valence-electron chi connectivity index (χ2n) is 8.20. The Morgan fingerprint density at radius 2 is 1.85 bits per heavy atom. The van der Waals surface area contributed by atoms with Gasteiger partial charge in [-0.25, -0.2) is 9.78 Å². The van der Waals surface area contributed by atoms with Gasteiger partial charge in [-0.2, -0.15) is 0 Å². The van der Waals surface area contributed by atoms with E-state index in [-0.39, 0.29) is 11.3 Å². The lowest BCUT2D eigenvalue weighted by molar-refractivity contribution is -0.384. The zero-order valence-electron chi connectivity index (χ0n) is 18.5. The number of rotatable bonds is 7. The number of nitrogens with zero attached hydrogens (tertiary/aromatic N) is 4. The van der Waals surface area contributed by atoms with Gasteiger partial charge in [0.15, 0.2) is 0 Å². The van der Waals surface area contributed by atoms with E-state index in [1.165, 1.54) is 12.1 Å². The van der Waals surface area contributed by atoms with Gasteiger partial charge in [0, 0.05) is 36.7 Å². The highest BCUT2D eigenvalue weighted by Crippen LogP contribution is 2.27. The van der Waals surface area contributed by atoms with Crippen molar-refractivity contribution in [2.24, 2.45) is 0 Å². The number of non-ortho nitro benzene ring substituents is 1. The van der Waals surface area contributed by atoms with Crippen molar-refractivity contribution in [3.05, 3.63) is 100.0 Å². The van der Waals surface area contributed by atoms with Gasteiger partial charge in [0.05, 0.1) is 32.7 Å². The largest absolute Gasteiger partial charge is 0.478 e. The Morgan fingerprint density at radius 1 is 1.06 bits per heavy atom. The highest BCUT2D eigenvalue weighted by molar-refractivity contribution is 5.93. The Balaban J connectivity index is 1.55. The Hall–Kier alpha value is -4.46. The number of aromatic nitrogens is 3. The molecule has 2 aromatic heterocycles. The molecule has 5 rings (SSSR count). The third-order valence-electron chi connectivity index (χ3n) is 5.98. The first-order valence-electron chi connectivity index (χ1n) is 11.0. The van der Waals surface area contributed by atoms with Crippen molar-refractivity contribution in [1.29, 1.82) is 0 Å². The number of hydrogen-bond donors (Lipinski definition) is 1. The van der Waals surface area contributed by atoms with Crippen molar-refractivity contribution in [2.45, 2.75) is 26.3 Å². The van der Waals surface area contributed by atoms with Crippen molar-refractivity contribution in [1.82, 2.24) is 14.1 Å². The van der Waals surface area contributed by atoms with Crippen molar-refractivity contribution >= 4 is 33.6 Å². The zero-order chi connectivity index (χ0) is 23.8. The molecule has 0 fully saturated rings. The maximum absolute atomic E-state index is 11.7. The number of nitro benzene ring substituents is 1. The number of fused-ring (bicyclic) bond motifs is 2. The summed E-state index contributed by atoms with van der Waals surface area (Å²) in [5.41, 5.74) is 4.35. The standard InChI is InChI=1S/C26H22N4O4/c1-2-5-25-27-21-15-19(30(33)34)9-11-24(21)29(25)16-17-8-10-22-18(14-17)12-13-28(22)23-7-4-3-6-20(23)26(31)32/h3-4,6-15H,2,5,16H2,1H3,(H,31,32). The Morgan fingerprint density at radius 3 is 2.62 bits per heavy atom. The van der Waals surface area contributed by atoms with Crippen LogP contribution in [0.4, 0.5) is 5.69 Å². The van der Waals surface area contributed by atoms with Crippen LogP contribution < -0.4 is 0 Å². The molecule has 0 spiro atoms. The second kappa shape index (κ2) is 8.47. The molecule has 0 bridgehead atoms. The summed E-state index contributed by atoms with van der Waals surface area (Å²) in [6.07, 6.45) is 3.56. The molecule has 8 heteroatoms. The van der Waals surface area contributed by atoms with E-state index in [9.17, 15) is 20.0 Å². The number of para-hydroxylation sites is 1. The number of carboxylic acids is 1. The molecule has 0 aliphatic heterocycles. The minimum absolute atomic E-state index is 0.0320. The van der Waals surface area contributed by atoms with Crippen LogP contribution in [0.15, 0.2) is 72.9 Å². The first-order valence-corrected chi connectivity index (χ1v) is 11.0. The summed E-state index contributed by atoms with van der Waals surface area (Å²) < 4.78 is 4.00. The van der Waals surface area contributed by atoms with Gasteiger partial charge in [-0.3, -0.25) is 10.1 Å². The first-order chi connectivity index (χ1) is 16.5. The summed E-state index contributed by atoms with van der Waals surface area (Å²) >= 11 is 0. The average Bonchev–Trinajstić information content (AvgIpc) is 3.40. The van der Waals surface area contributed by atoms with Gasteiger partial charge in [-0.15, -0.1) is 0 Å². The van der Waals surface area contributed by atoms with Gasteiger partial charge in [-0.1, -0.05) is 25.1 Å². The zero-order valence-corrected chi connectivity index (χ0v) is 18.5. The van der Waals surface area contributed by atoms with E-state index in [1.54, 1.807) is 24.3 Å². The summed E-state index contributed by atoms with van der Waals surface area (Å²) in [4.78, 5) is 27.1. The lowest BCUT2D eigenvalue weighted by Gasteiger charge is -2.11. The third kappa shape index (κ3) is 3.69. The van der Waals surface area contributed by atoms with Gasteiger partial charge in [0.2, 0.25) is 0 Å². The van der Waals surface area contributed by atoms with Gasteiger partial charge in [0.1, 0.15) is 5.82 Å². The van der Waals surface area contributed by atoms with Crippen LogP contribution in [0, 0.1) is 10.1 Å². The molecule has 0 saturated heterocycles. The van der Waals surface area contributed by atoms with Crippen LogP contribution in [0.1, 0.15) is 35.1 Å².